The molecular formula is C17H17N3O5S. The smallest absolute Gasteiger partial charge is 0.276 e. The zero-order chi connectivity index (χ0) is 18.9. The third kappa shape index (κ3) is 6.44. The number of non-ortho nitro benzene ring substituents is 1. The second kappa shape index (κ2) is 9.42. The van der Waals surface area contributed by atoms with E-state index in [0.717, 1.165) is 5.56 Å². The lowest BCUT2D eigenvalue weighted by atomic mass is 10.2. The van der Waals surface area contributed by atoms with Crippen LogP contribution in [0.1, 0.15) is 5.56 Å². The van der Waals surface area contributed by atoms with Crippen molar-refractivity contribution in [1.82, 2.24) is 10.9 Å². The van der Waals surface area contributed by atoms with Crippen molar-refractivity contribution in [1.29, 1.82) is 0 Å². The van der Waals surface area contributed by atoms with Gasteiger partial charge in [0.15, 0.2) is 6.61 Å². The van der Waals surface area contributed by atoms with Crippen LogP contribution < -0.4 is 15.6 Å². The molecule has 0 aliphatic heterocycles. The molecule has 0 aromatic heterocycles. The minimum absolute atomic E-state index is 0.0142. The number of carbonyl (C=O) groups excluding carboxylic acids is 2. The summed E-state index contributed by atoms with van der Waals surface area (Å²) in [5.41, 5.74) is 5.54. The van der Waals surface area contributed by atoms with Gasteiger partial charge in [0.05, 0.1) is 10.7 Å². The van der Waals surface area contributed by atoms with E-state index >= 15 is 0 Å². The monoisotopic (exact) mass is 375 g/mol. The second-order valence-electron chi connectivity index (χ2n) is 5.24. The summed E-state index contributed by atoms with van der Waals surface area (Å²) in [5, 5.41) is 10.6. The molecule has 0 saturated carbocycles. The topological polar surface area (TPSA) is 111 Å². The Bertz CT molecular complexity index is 795. The molecule has 0 spiro atoms. The molecular weight excluding hydrogens is 358 g/mol. The first kappa shape index (κ1) is 19.3. The predicted molar refractivity (Wildman–Crippen MR) is 96.8 cm³/mol. The largest absolute Gasteiger partial charge is 0.484 e. The maximum absolute atomic E-state index is 11.7. The number of benzene rings is 2. The van der Waals surface area contributed by atoms with Crippen LogP contribution in [-0.4, -0.2) is 29.1 Å². The summed E-state index contributed by atoms with van der Waals surface area (Å²) >= 11 is 1.20. The van der Waals surface area contributed by atoms with Gasteiger partial charge in [0.25, 0.3) is 11.6 Å². The number of nitro benzene ring substituents is 1. The van der Waals surface area contributed by atoms with Crippen molar-refractivity contribution in [3.8, 4) is 5.75 Å². The number of hydrazine groups is 1. The highest BCUT2D eigenvalue weighted by molar-refractivity contribution is 8.00. The summed E-state index contributed by atoms with van der Waals surface area (Å²) in [6.07, 6.45) is 0. The Kier molecular flexibility index (Phi) is 6.98. The maximum atomic E-state index is 11.7. The summed E-state index contributed by atoms with van der Waals surface area (Å²) in [4.78, 5) is 34.2. The first-order valence-corrected chi connectivity index (χ1v) is 8.57. The summed E-state index contributed by atoms with van der Waals surface area (Å²) in [7, 11) is 0. The van der Waals surface area contributed by atoms with E-state index in [1.807, 2.05) is 19.1 Å². The lowest BCUT2D eigenvalue weighted by Gasteiger charge is -2.09. The van der Waals surface area contributed by atoms with Gasteiger partial charge < -0.3 is 4.74 Å². The SMILES string of the molecule is Cc1cccc(OCC(=O)NNC(=O)CSc2ccc([N+](=O)[O-])cc2)c1. The minimum atomic E-state index is -0.491. The van der Waals surface area contributed by atoms with E-state index in [1.54, 1.807) is 24.3 Å². The van der Waals surface area contributed by atoms with Crippen LogP contribution in [-0.2, 0) is 9.59 Å². The third-order valence-corrected chi connectivity index (χ3v) is 4.13. The number of rotatable bonds is 7. The van der Waals surface area contributed by atoms with Crippen molar-refractivity contribution >= 4 is 29.3 Å². The average Bonchev–Trinajstić information content (AvgIpc) is 2.63. The molecule has 26 heavy (non-hydrogen) atoms. The van der Waals surface area contributed by atoms with Gasteiger partial charge in [0.1, 0.15) is 5.75 Å². The standard InChI is InChI=1S/C17H17N3O5S/c1-12-3-2-4-14(9-12)25-10-16(21)18-19-17(22)11-26-15-7-5-13(6-8-15)20(23)24/h2-9H,10-11H2,1H3,(H,18,21)(H,19,22). The molecule has 0 bridgehead atoms. The van der Waals surface area contributed by atoms with Gasteiger partial charge in [-0.05, 0) is 36.8 Å². The van der Waals surface area contributed by atoms with E-state index in [9.17, 15) is 19.7 Å². The van der Waals surface area contributed by atoms with Crippen molar-refractivity contribution in [3.63, 3.8) is 0 Å². The predicted octanol–water partition coefficient (Wildman–Crippen LogP) is 2.22. The van der Waals surface area contributed by atoms with Gasteiger partial charge in [-0.1, -0.05) is 12.1 Å². The Morgan fingerprint density at radius 2 is 1.81 bits per heavy atom. The van der Waals surface area contributed by atoms with Crippen molar-refractivity contribution in [2.75, 3.05) is 12.4 Å². The summed E-state index contributed by atoms with van der Waals surface area (Å²) < 4.78 is 5.32. The van der Waals surface area contributed by atoms with E-state index in [2.05, 4.69) is 10.9 Å². The molecule has 2 rings (SSSR count). The Morgan fingerprint density at radius 1 is 1.12 bits per heavy atom. The van der Waals surface area contributed by atoms with Crippen molar-refractivity contribution in [3.05, 3.63) is 64.2 Å². The number of aryl methyl sites for hydroxylation is 1. The van der Waals surface area contributed by atoms with Gasteiger partial charge in [-0.25, -0.2) is 0 Å². The number of hydrogen-bond donors (Lipinski definition) is 2. The highest BCUT2D eigenvalue weighted by Gasteiger charge is 2.08. The Morgan fingerprint density at radius 3 is 2.46 bits per heavy atom. The highest BCUT2D eigenvalue weighted by Crippen LogP contribution is 2.20. The Labute approximate surface area is 154 Å². The van der Waals surface area contributed by atoms with Crippen LogP contribution in [0, 0.1) is 17.0 Å². The number of nitrogens with one attached hydrogen (secondary N) is 2. The van der Waals surface area contributed by atoms with Gasteiger partial charge in [-0.2, -0.15) is 0 Å². The normalized spacial score (nSPS) is 10.0. The molecule has 0 atom stereocenters. The van der Waals surface area contributed by atoms with Crippen LogP contribution in [0.4, 0.5) is 5.69 Å². The highest BCUT2D eigenvalue weighted by atomic mass is 32.2. The second-order valence-corrected chi connectivity index (χ2v) is 6.29. The van der Waals surface area contributed by atoms with E-state index in [0.29, 0.717) is 10.6 Å². The third-order valence-electron chi connectivity index (χ3n) is 3.12. The summed E-state index contributed by atoms with van der Waals surface area (Å²) in [6, 6.07) is 13.1. The Hall–Kier alpha value is -3.07. The van der Waals surface area contributed by atoms with Gasteiger partial charge in [-0.3, -0.25) is 30.6 Å². The Balaban J connectivity index is 1.67. The number of nitrogens with zero attached hydrogens (tertiary/aromatic N) is 1. The average molecular weight is 375 g/mol. The number of nitro groups is 1. The molecule has 2 amide bonds. The van der Waals surface area contributed by atoms with Gasteiger partial charge in [0.2, 0.25) is 5.91 Å². The van der Waals surface area contributed by atoms with Crippen LogP contribution in [0.25, 0.3) is 0 Å². The van der Waals surface area contributed by atoms with E-state index in [1.165, 1.54) is 23.9 Å². The molecule has 0 aliphatic carbocycles. The molecule has 0 heterocycles. The van der Waals surface area contributed by atoms with E-state index < -0.39 is 16.7 Å². The molecule has 2 aromatic rings. The molecule has 8 nitrogen and oxygen atoms in total. The lowest BCUT2D eigenvalue weighted by Crippen LogP contribution is -2.44. The fourth-order valence-electron chi connectivity index (χ4n) is 1.88. The zero-order valence-electron chi connectivity index (χ0n) is 13.9. The maximum Gasteiger partial charge on any atom is 0.276 e. The summed E-state index contributed by atoms with van der Waals surface area (Å²) in [5.74, 6) is -0.269. The minimum Gasteiger partial charge on any atom is -0.484 e. The lowest BCUT2D eigenvalue weighted by molar-refractivity contribution is -0.384. The van der Waals surface area contributed by atoms with Crippen LogP contribution in [0.3, 0.4) is 0 Å². The van der Waals surface area contributed by atoms with Gasteiger partial charge >= 0.3 is 0 Å². The fourth-order valence-corrected chi connectivity index (χ4v) is 2.58. The zero-order valence-corrected chi connectivity index (χ0v) is 14.7. The van der Waals surface area contributed by atoms with Crippen molar-refractivity contribution < 1.29 is 19.2 Å². The number of amides is 2. The van der Waals surface area contributed by atoms with E-state index in [-0.39, 0.29) is 18.0 Å². The molecule has 0 aliphatic rings. The quantitative estimate of drug-likeness (QED) is 0.436. The first-order chi connectivity index (χ1) is 12.4. The number of carbonyl (C=O) groups is 2. The molecule has 2 N–H and O–H groups in total. The number of hydrogen-bond acceptors (Lipinski definition) is 6. The molecule has 9 heteroatoms. The van der Waals surface area contributed by atoms with Crippen LogP contribution in [0.5, 0.6) is 5.75 Å². The van der Waals surface area contributed by atoms with Crippen molar-refractivity contribution in [2.45, 2.75) is 11.8 Å². The van der Waals surface area contributed by atoms with Crippen molar-refractivity contribution in [2.24, 2.45) is 0 Å². The first-order valence-electron chi connectivity index (χ1n) is 7.58. The molecule has 0 unspecified atom stereocenters. The summed E-state index contributed by atoms with van der Waals surface area (Å²) in [6.45, 7) is 1.69. The number of thioether (sulfide) groups is 1. The van der Waals surface area contributed by atoms with Gasteiger partial charge in [0, 0.05) is 17.0 Å². The molecule has 0 saturated heterocycles. The van der Waals surface area contributed by atoms with Crippen LogP contribution in [0.2, 0.25) is 0 Å². The van der Waals surface area contributed by atoms with E-state index in [4.69, 9.17) is 4.74 Å². The van der Waals surface area contributed by atoms with Gasteiger partial charge in [-0.15, -0.1) is 11.8 Å². The molecule has 136 valence electrons. The number of ether oxygens (including phenoxy) is 1. The molecule has 2 aromatic carbocycles. The molecule has 0 radical (unpaired) electrons. The molecule has 0 fully saturated rings. The fraction of sp³-hybridized carbons (Fsp3) is 0.176. The van der Waals surface area contributed by atoms with Crippen LogP contribution in [0.15, 0.2) is 53.4 Å². The van der Waals surface area contributed by atoms with Crippen LogP contribution >= 0.6 is 11.8 Å².